The second-order valence-corrected chi connectivity index (χ2v) is 10.9. The summed E-state index contributed by atoms with van der Waals surface area (Å²) >= 11 is 3.42. The molecule has 0 fully saturated rings. The summed E-state index contributed by atoms with van der Waals surface area (Å²) in [4.78, 5) is 4.98. The minimum Gasteiger partial charge on any atom is -0.298 e. The molecule has 3 aromatic carbocycles. The van der Waals surface area contributed by atoms with Gasteiger partial charge in [-0.1, -0.05) is 48.5 Å². The molecule has 0 unspecified atom stereocenters. The molecule has 0 spiro atoms. The number of hydrogen-bond acceptors (Lipinski definition) is 3. The van der Waals surface area contributed by atoms with Gasteiger partial charge in [-0.2, -0.15) is 0 Å². The van der Waals surface area contributed by atoms with Gasteiger partial charge in [0.05, 0.1) is 22.2 Å². The van der Waals surface area contributed by atoms with Crippen LogP contribution < -0.4 is 0 Å². The van der Waals surface area contributed by atoms with Crippen LogP contribution in [0.15, 0.2) is 95.1 Å². The molecule has 0 bridgehead atoms. The summed E-state index contributed by atoms with van der Waals surface area (Å²) in [6.07, 6.45) is -2.42. The van der Waals surface area contributed by atoms with Crippen molar-refractivity contribution in [2.75, 3.05) is 0 Å². The maximum absolute atomic E-state index is 13.9. The molecule has 0 saturated heterocycles. The predicted molar refractivity (Wildman–Crippen MR) is 151 cm³/mol. The monoisotopic (exact) mass is 539 g/mol. The van der Waals surface area contributed by atoms with E-state index in [9.17, 15) is 13.2 Å². The Labute approximate surface area is 221 Å². The molecule has 8 heteroatoms. The highest BCUT2D eigenvalue weighted by atomic mass is 32.1. The number of nitrogens with zero attached hydrogens (tertiary/aromatic N) is 3. The number of imidazole rings is 1. The molecule has 0 saturated carbocycles. The topological polar surface area (TPSA) is 22.2 Å². The van der Waals surface area contributed by atoms with Gasteiger partial charge in [0.25, 0.3) is 0 Å². The van der Waals surface area contributed by atoms with Crippen molar-refractivity contribution < 1.29 is 13.2 Å². The fourth-order valence-corrected chi connectivity index (χ4v) is 7.30. The third kappa shape index (κ3) is 3.04. The number of pyridine rings is 1. The van der Waals surface area contributed by atoms with Gasteiger partial charge in [0.2, 0.25) is 0 Å². The smallest absolute Gasteiger partial charge is 0.298 e. The van der Waals surface area contributed by atoms with Crippen LogP contribution >= 0.6 is 22.7 Å². The minimum atomic E-state index is -4.50. The van der Waals surface area contributed by atoms with Crippen molar-refractivity contribution in [3.05, 3.63) is 95.1 Å². The van der Waals surface area contributed by atoms with E-state index >= 15 is 0 Å². The van der Waals surface area contributed by atoms with E-state index in [1.807, 2.05) is 30.3 Å². The van der Waals surface area contributed by atoms with E-state index in [1.54, 1.807) is 53.0 Å². The first-order valence-corrected chi connectivity index (χ1v) is 13.7. The molecular weight excluding hydrogens is 523 g/mol. The van der Waals surface area contributed by atoms with Gasteiger partial charge in [-0.05, 0) is 40.8 Å². The van der Waals surface area contributed by atoms with Crippen LogP contribution in [0.1, 0.15) is 0 Å². The molecule has 38 heavy (non-hydrogen) atoms. The number of thiophene rings is 2. The van der Waals surface area contributed by atoms with Crippen LogP contribution in [0.5, 0.6) is 0 Å². The van der Waals surface area contributed by atoms with Crippen molar-refractivity contribution >= 4 is 71.1 Å². The average molecular weight is 540 g/mol. The minimum absolute atomic E-state index is 0.156. The second kappa shape index (κ2) is 7.69. The molecule has 3 nitrogen and oxygen atoms in total. The molecule has 5 aromatic heterocycles. The molecule has 0 aliphatic carbocycles. The zero-order chi connectivity index (χ0) is 25.6. The first kappa shape index (κ1) is 21.9. The summed E-state index contributed by atoms with van der Waals surface area (Å²) < 4.78 is 45.5. The van der Waals surface area contributed by atoms with Gasteiger partial charge in [0.1, 0.15) is 5.65 Å². The zero-order valence-electron chi connectivity index (χ0n) is 19.5. The van der Waals surface area contributed by atoms with E-state index in [4.69, 9.17) is 4.98 Å². The number of hydrogen-bond donors (Lipinski definition) is 0. The summed E-state index contributed by atoms with van der Waals surface area (Å²) in [7, 11) is 0. The highest BCUT2D eigenvalue weighted by molar-refractivity contribution is 7.19. The molecule has 0 aliphatic rings. The summed E-state index contributed by atoms with van der Waals surface area (Å²) in [6, 6.07) is 22.0. The number of aromatic nitrogens is 3. The van der Waals surface area contributed by atoms with Gasteiger partial charge in [-0.15, -0.1) is 35.8 Å². The average Bonchev–Trinajstić information content (AvgIpc) is 3.70. The van der Waals surface area contributed by atoms with Crippen LogP contribution in [0.4, 0.5) is 13.2 Å². The van der Waals surface area contributed by atoms with Gasteiger partial charge in [0, 0.05) is 48.8 Å². The van der Waals surface area contributed by atoms with E-state index < -0.39 is 6.30 Å². The number of rotatable bonds is 2. The van der Waals surface area contributed by atoms with E-state index in [2.05, 4.69) is 32.8 Å². The van der Waals surface area contributed by atoms with Crippen molar-refractivity contribution in [3.8, 4) is 22.4 Å². The molecule has 0 atom stereocenters. The van der Waals surface area contributed by atoms with E-state index in [-0.39, 0.29) is 11.0 Å². The van der Waals surface area contributed by atoms with Crippen LogP contribution in [-0.4, -0.2) is 14.0 Å². The van der Waals surface area contributed by atoms with Crippen LogP contribution in [0.2, 0.25) is 0 Å². The third-order valence-electron chi connectivity index (χ3n) is 7.20. The fourth-order valence-electron chi connectivity index (χ4n) is 5.49. The molecule has 5 heterocycles. The molecule has 0 N–H and O–H groups in total. The van der Waals surface area contributed by atoms with Crippen molar-refractivity contribution in [1.82, 2.24) is 14.0 Å². The lowest BCUT2D eigenvalue weighted by atomic mass is 10.0. The molecule has 0 aliphatic heterocycles. The number of fused-ring (bicyclic) bond motifs is 9. The third-order valence-corrected chi connectivity index (χ3v) is 8.88. The zero-order valence-corrected chi connectivity index (χ0v) is 21.2. The Hall–Kier alpha value is -4.14. The van der Waals surface area contributed by atoms with Gasteiger partial charge in [0.15, 0.2) is 0 Å². The van der Waals surface area contributed by atoms with Crippen molar-refractivity contribution in [2.24, 2.45) is 0 Å². The van der Waals surface area contributed by atoms with Crippen LogP contribution in [0.3, 0.4) is 0 Å². The standard InChI is InChI=1S/C30H16F3N3S2/c31-30(32,33)36-25-4-2-1-3-20(25)22-13-19(9-10-26(22)36)17-5-7-18(8-6-17)24-14-35-27-16-37-15-23(27)28-21(11-12-38-28)29(35)34-24/h1-16H. The summed E-state index contributed by atoms with van der Waals surface area (Å²) in [5.41, 5.74) is 6.08. The molecular formula is C30H16F3N3S2. The van der Waals surface area contributed by atoms with Gasteiger partial charge < -0.3 is 0 Å². The van der Waals surface area contributed by atoms with E-state index in [0.29, 0.717) is 15.3 Å². The van der Waals surface area contributed by atoms with E-state index in [0.717, 1.165) is 38.9 Å². The van der Waals surface area contributed by atoms with Crippen molar-refractivity contribution in [1.29, 1.82) is 0 Å². The largest absolute Gasteiger partial charge is 0.489 e. The SMILES string of the molecule is FC(F)(F)n1c2ccccc2c2cc(-c3ccc(-c4cn5c6cscc6c6sccc6c5n4)cc3)ccc21. The Bertz CT molecular complexity index is 2110. The lowest BCUT2D eigenvalue weighted by Gasteiger charge is -2.11. The van der Waals surface area contributed by atoms with Crippen molar-refractivity contribution in [2.45, 2.75) is 6.30 Å². The van der Waals surface area contributed by atoms with Crippen LogP contribution in [0.25, 0.3) is 70.8 Å². The molecule has 8 aromatic rings. The summed E-state index contributed by atoms with van der Waals surface area (Å²) in [5, 5.41) is 10.0. The fraction of sp³-hybridized carbons (Fsp3) is 0.0333. The maximum atomic E-state index is 13.9. The number of alkyl halides is 3. The Kier molecular flexibility index (Phi) is 4.43. The maximum Gasteiger partial charge on any atom is 0.489 e. The highest BCUT2D eigenvalue weighted by Gasteiger charge is 2.34. The van der Waals surface area contributed by atoms with Crippen molar-refractivity contribution in [3.63, 3.8) is 0 Å². The first-order chi connectivity index (χ1) is 18.5. The molecule has 184 valence electrons. The summed E-state index contributed by atoms with van der Waals surface area (Å²) in [5.74, 6) is 0. The van der Waals surface area contributed by atoms with Gasteiger partial charge in [-0.3, -0.25) is 8.97 Å². The molecule has 0 radical (unpaired) electrons. The highest BCUT2D eigenvalue weighted by Crippen LogP contribution is 2.39. The van der Waals surface area contributed by atoms with Crippen LogP contribution in [-0.2, 0) is 6.30 Å². The Balaban J connectivity index is 1.24. The van der Waals surface area contributed by atoms with Crippen LogP contribution in [0, 0.1) is 0 Å². The quantitative estimate of drug-likeness (QED) is 0.214. The number of halogens is 3. The normalized spacial score (nSPS) is 12.6. The number of benzene rings is 3. The molecule has 8 rings (SSSR count). The Morgan fingerprint density at radius 2 is 1.45 bits per heavy atom. The van der Waals surface area contributed by atoms with Gasteiger partial charge in [-0.25, -0.2) is 4.98 Å². The first-order valence-electron chi connectivity index (χ1n) is 11.9. The lowest BCUT2D eigenvalue weighted by molar-refractivity contribution is -0.197. The number of para-hydroxylation sites is 1. The second-order valence-electron chi connectivity index (χ2n) is 9.28. The lowest BCUT2D eigenvalue weighted by Crippen LogP contribution is -2.15. The summed E-state index contributed by atoms with van der Waals surface area (Å²) in [6.45, 7) is 0. The Morgan fingerprint density at radius 3 is 2.29 bits per heavy atom. The van der Waals surface area contributed by atoms with Gasteiger partial charge >= 0.3 is 6.30 Å². The van der Waals surface area contributed by atoms with E-state index in [1.165, 1.54) is 16.2 Å². The molecule has 0 amide bonds. The predicted octanol–water partition coefficient (Wildman–Crippen LogP) is 9.68. The Morgan fingerprint density at radius 1 is 0.684 bits per heavy atom.